The average Bonchev–Trinajstić information content (AvgIpc) is 3.75. The van der Waals surface area contributed by atoms with Crippen LogP contribution in [0.1, 0.15) is 46.7 Å². The topological polar surface area (TPSA) is 91.7 Å². The number of carbonyl (C=O) groups is 2. The maximum absolute atomic E-state index is 13.6. The van der Waals surface area contributed by atoms with Crippen LogP contribution in [-0.4, -0.2) is 73.6 Å². The fourth-order valence-corrected chi connectivity index (χ4v) is 7.32. The minimum Gasteiger partial charge on any atom is -0.338 e. The number of likely N-dealkylation sites (tertiary alicyclic amines) is 2. The molecule has 2 amide bonds. The Bertz CT molecular complexity index is 1680. The minimum atomic E-state index is -3.66. The predicted molar refractivity (Wildman–Crippen MR) is 173 cm³/mol. The fraction of sp³-hybridized carbons (Fsp3) is 0.394. The van der Waals surface area contributed by atoms with Gasteiger partial charge in [-0.05, 0) is 103 Å². The van der Waals surface area contributed by atoms with Crippen LogP contribution in [0.25, 0.3) is 10.9 Å². The van der Waals surface area contributed by atoms with Crippen molar-refractivity contribution in [3.05, 3.63) is 94.1 Å². The zero-order chi connectivity index (χ0) is 31.3. The van der Waals surface area contributed by atoms with Gasteiger partial charge in [0.2, 0.25) is 10.0 Å². The molecule has 2 aromatic carbocycles. The third kappa shape index (κ3) is 8.34. The van der Waals surface area contributed by atoms with Gasteiger partial charge >= 0.3 is 0 Å². The number of amides is 2. The first-order chi connectivity index (χ1) is 21.1. The number of hydrogen-bond donors (Lipinski definition) is 1. The molecule has 0 unspecified atom stereocenters. The molecule has 234 valence electrons. The monoisotopic (exact) mass is 638 g/mol. The summed E-state index contributed by atoms with van der Waals surface area (Å²) in [5.74, 6) is -0.0701. The van der Waals surface area contributed by atoms with Crippen molar-refractivity contribution in [3.63, 3.8) is 0 Å². The first-order valence-corrected chi connectivity index (χ1v) is 17.7. The lowest BCUT2D eigenvalue weighted by atomic mass is 9.89. The van der Waals surface area contributed by atoms with Gasteiger partial charge in [-0.1, -0.05) is 24.3 Å². The van der Waals surface area contributed by atoms with E-state index in [1.54, 1.807) is 28.2 Å². The summed E-state index contributed by atoms with van der Waals surface area (Å²) in [6.07, 6.45) is 5.67. The highest BCUT2D eigenvalue weighted by molar-refractivity contribution is 7.89. The molecular formula is C33H39FN4O4S2. The molecular weight excluding hydrogens is 600 g/mol. The van der Waals surface area contributed by atoms with Gasteiger partial charge < -0.3 is 14.4 Å². The molecule has 0 bridgehead atoms. The Labute approximate surface area is 262 Å². The number of rotatable bonds is 7. The molecule has 44 heavy (non-hydrogen) atoms. The molecule has 0 saturated carbocycles. The van der Waals surface area contributed by atoms with E-state index < -0.39 is 15.9 Å². The molecule has 0 radical (unpaired) electrons. The Morgan fingerprint density at radius 2 is 1.75 bits per heavy atom. The lowest BCUT2D eigenvalue weighted by molar-refractivity contribution is -0.119. The van der Waals surface area contributed by atoms with Crippen LogP contribution in [-0.2, 0) is 21.4 Å². The van der Waals surface area contributed by atoms with Gasteiger partial charge in [0.15, 0.2) is 0 Å². The van der Waals surface area contributed by atoms with E-state index in [-0.39, 0.29) is 18.3 Å². The van der Waals surface area contributed by atoms with Crippen molar-refractivity contribution >= 4 is 44.1 Å². The Balaban J connectivity index is 0.000000573. The molecule has 2 aliphatic heterocycles. The molecule has 1 N–H and O–H groups in total. The smallest absolute Gasteiger partial charge is 0.256 e. The number of aromatic nitrogens is 1. The number of fused-ring (bicyclic) bond motifs is 1. The van der Waals surface area contributed by atoms with Gasteiger partial charge in [0.25, 0.3) is 11.8 Å². The van der Waals surface area contributed by atoms with Crippen molar-refractivity contribution in [1.82, 2.24) is 19.1 Å². The van der Waals surface area contributed by atoms with Gasteiger partial charge in [0.1, 0.15) is 12.4 Å². The van der Waals surface area contributed by atoms with Gasteiger partial charge in [-0.15, -0.1) is 0 Å². The molecule has 4 heterocycles. The maximum Gasteiger partial charge on any atom is 0.256 e. The van der Waals surface area contributed by atoms with Crippen LogP contribution < -0.4 is 4.72 Å². The molecule has 6 rings (SSSR count). The van der Waals surface area contributed by atoms with Crippen LogP contribution in [0.5, 0.6) is 0 Å². The molecule has 2 saturated heterocycles. The van der Waals surface area contributed by atoms with Crippen LogP contribution in [0.15, 0.2) is 71.6 Å². The van der Waals surface area contributed by atoms with Crippen molar-refractivity contribution in [2.75, 3.05) is 39.0 Å². The summed E-state index contributed by atoms with van der Waals surface area (Å²) in [7, 11) is -3.66. The minimum absolute atomic E-state index is 0.0726. The molecule has 1 atom stereocenters. The van der Waals surface area contributed by atoms with E-state index in [1.807, 2.05) is 40.0 Å². The van der Waals surface area contributed by atoms with Crippen molar-refractivity contribution in [3.8, 4) is 0 Å². The van der Waals surface area contributed by atoms with Crippen LogP contribution >= 0.6 is 11.3 Å². The Morgan fingerprint density at radius 3 is 2.39 bits per heavy atom. The third-order valence-electron chi connectivity index (χ3n) is 8.31. The number of benzene rings is 2. The van der Waals surface area contributed by atoms with E-state index in [1.165, 1.54) is 23.3 Å². The van der Waals surface area contributed by atoms with Crippen LogP contribution in [0.3, 0.4) is 0 Å². The van der Waals surface area contributed by atoms with Gasteiger partial charge in [-0.2, -0.15) is 11.3 Å². The zero-order valence-electron chi connectivity index (χ0n) is 25.1. The lowest BCUT2D eigenvalue weighted by Crippen LogP contribution is -2.38. The first-order valence-electron chi connectivity index (χ1n) is 14.9. The standard InChI is InChI=1S/C28H33FN4O4S.C5H6S/c1-38(36,37)30-26(34)19-32-16-12-23-3-2-4-25(27(23)32)28(35)33-15-9-20(18-33)17-31-13-10-22(11-14-31)21-5-7-24(29)8-6-21;1-5-2-3-6-4-5/h2-8,12,16,20,22H,9-11,13-15,17-19H2,1H3,(H,30,34);2-4H,1H3/t20-;/m1./s1. The summed E-state index contributed by atoms with van der Waals surface area (Å²) in [5, 5.41) is 5.03. The second kappa shape index (κ2) is 14.0. The predicted octanol–water partition coefficient (Wildman–Crippen LogP) is 5.25. The number of piperidine rings is 1. The Hall–Kier alpha value is -3.54. The quantitative estimate of drug-likeness (QED) is 0.299. The van der Waals surface area contributed by atoms with Crippen molar-refractivity contribution in [1.29, 1.82) is 0 Å². The van der Waals surface area contributed by atoms with E-state index in [9.17, 15) is 22.4 Å². The molecule has 8 nitrogen and oxygen atoms in total. The van der Waals surface area contributed by atoms with Crippen molar-refractivity contribution < 1.29 is 22.4 Å². The van der Waals surface area contributed by atoms with E-state index in [0.717, 1.165) is 50.5 Å². The normalized spacial score (nSPS) is 17.8. The van der Waals surface area contributed by atoms with Crippen LogP contribution in [0.2, 0.25) is 0 Å². The van der Waals surface area contributed by atoms with Crippen molar-refractivity contribution in [2.24, 2.45) is 5.92 Å². The Kier molecular flexibility index (Phi) is 10.2. The van der Waals surface area contributed by atoms with E-state index in [4.69, 9.17) is 0 Å². The molecule has 2 aromatic heterocycles. The van der Waals surface area contributed by atoms with Crippen molar-refractivity contribution in [2.45, 2.75) is 38.6 Å². The molecule has 2 aliphatic rings. The summed E-state index contributed by atoms with van der Waals surface area (Å²) in [5.41, 5.74) is 3.71. The third-order valence-corrected chi connectivity index (χ3v) is 9.71. The average molecular weight is 639 g/mol. The molecule has 4 aromatic rings. The first kappa shape index (κ1) is 31.9. The number of halogens is 1. The zero-order valence-corrected chi connectivity index (χ0v) is 26.7. The highest BCUT2D eigenvalue weighted by atomic mass is 32.2. The van der Waals surface area contributed by atoms with Crippen LogP contribution in [0, 0.1) is 18.7 Å². The second-order valence-corrected chi connectivity index (χ2v) is 14.3. The summed E-state index contributed by atoms with van der Waals surface area (Å²) in [6.45, 7) is 6.20. The number of hydrogen-bond acceptors (Lipinski definition) is 6. The summed E-state index contributed by atoms with van der Waals surface area (Å²) in [4.78, 5) is 30.2. The number of sulfonamides is 1. The van der Waals surface area contributed by atoms with Gasteiger partial charge in [0, 0.05) is 31.2 Å². The van der Waals surface area contributed by atoms with E-state index >= 15 is 0 Å². The highest BCUT2D eigenvalue weighted by Gasteiger charge is 2.31. The van der Waals surface area contributed by atoms with E-state index in [0.29, 0.717) is 36.0 Å². The molecule has 0 aliphatic carbocycles. The SMILES string of the molecule is CS(=O)(=O)NC(=O)Cn1ccc2cccc(C(=O)N3CC[C@H](CN4CCC(c5ccc(F)cc5)CC4)C3)c21.Cc1ccsc1. The summed E-state index contributed by atoms with van der Waals surface area (Å²) >= 11 is 1.74. The number of nitrogens with one attached hydrogen (secondary N) is 1. The molecule has 11 heteroatoms. The summed E-state index contributed by atoms with van der Waals surface area (Å²) < 4.78 is 39.7. The number of nitrogens with zero attached hydrogens (tertiary/aromatic N) is 3. The molecule has 0 spiro atoms. The number of carbonyl (C=O) groups excluding carboxylic acids is 2. The fourth-order valence-electron chi connectivity index (χ4n) is 6.18. The van der Waals surface area contributed by atoms with Gasteiger partial charge in [-0.25, -0.2) is 12.8 Å². The number of thiophene rings is 1. The maximum atomic E-state index is 13.6. The lowest BCUT2D eigenvalue weighted by Gasteiger charge is -2.33. The Morgan fingerprint density at radius 1 is 1.00 bits per heavy atom. The van der Waals surface area contributed by atoms with Gasteiger partial charge in [-0.3, -0.25) is 14.3 Å². The second-order valence-electron chi connectivity index (χ2n) is 11.8. The highest BCUT2D eigenvalue weighted by Crippen LogP contribution is 2.30. The molecule has 2 fully saturated rings. The summed E-state index contributed by atoms with van der Waals surface area (Å²) in [6, 6.07) is 16.3. The van der Waals surface area contributed by atoms with Gasteiger partial charge in [0.05, 0.1) is 17.3 Å². The van der Waals surface area contributed by atoms with Crippen LogP contribution in [0.4, 0.5) is 4.39 Å². The number of para-hydroxylation sites is 1. The largest absolute Gasteiger partial charge is 0.338 e. The number of aryl methyl sites for hydroxylation is 1. The van der Waals surface area contributed by atoms with E-state index in [2.05, 4.69) is 28.7 Å².